The fraction of sp³-hybridized carbons (Fsp3) is 0.208. The van der Waals surface area contributed by atoms with E-state index < -0.39 is 5.91 Å². The first-order chi connectivity index (χ1) is 15.2. The van der Waals surface area contributed by atoms with Crippen molar-refractivity contribution in [2.45, 2.75) is 19.3 Å². The second-order valence-electron chi connectivity index (χ2n) is 7.54. The van der Waals surface area contributed by atoms with Gasteiger partial charge in [0.15, 0.2) is 4.96 Å². The Kier molecular flexibility index (Phi) is 5.26. The van der Waals surface area contributed by atoms with Crippen molar-refractivity contribution in [3.63, 3.8) is 0 Å². The fourth-order valence-electron chi connectivity index (χ4n) is 3.78. The second-order valence-corrected chi connectivity index (χ2v) is 8.63. The van der Waals surface area contributed by atoms with E-state index in [4.69, 9.17) is 4.74 Å². The predicted octanol–water partition coefficient (Wildman–Crippen LogP) is 3.25. The molecule has 0 atom stereocenters. The summed E-state index contributed by atoms with van der Waals surface area (Å²) in [6.45, 7) is 1.17. The number of rotatable bonds is 6. The number of aromatic nitrogens is 2. The number of carbonyl (C=O) groups is 1. The molecule has 156 valence electrons. The lowest BCUT2D eigenvalue weighted by Crippen LogP contribution is -2.32. The summed E-state index contributed by atoms with van der Waals surface area (Å²) >= 11 is 1.46. The minimum Gasteiger partial charge on any atom is -0.493 e. The van der Waals surface area contributed by atoms with Gasteiger partial charge in [-0.1, -0.05) is 42.5 Å². The van der Waals surface area contributed by atoms with Gasteiger partial charge in [0.25, 0.3) is 11.5 Å². The normalized spacial score (nSPS) is 12.5. The first-order valence-electron chi connectivity index (χ1n) is 10.2. The van der Waals surface area contributed by atoms with Crippen LogP contribution >= 0.6 is 11.3 Å². The van der Waals surface area contributed by atoms with Crippen molar-refractivity contribution in [2.24, 2.45) is 0 Å². The number of hydrogen-bond acceptors (Lipinski definition) is 5. The van der Waals surface area contributed by atoms with Crippen molar-refractivity contribution in [3.05, 3.63) is 98.4 Å². The lowest BCUT2D eigenvalue weighted by atomic mass is 10.1. The van der Waals surface area contributed by atoms with E-state index in [0.717, 1.165) is 41.2 Å². The van der Waals surface area contributed by atoms with E-state index in [1.807, 2.05) is 42.5 Å². The molecule has 1 aliphatic rings. The highest BCUT2D eigenvalue weighted by molar-refractivity contribution is 7.17. The Morgan fingerprint density at radius 1 is 1.16 bits per heavy atom. The maximum absolute atomic E-state index is 12.9. The predicted molar refractivity (Wildman–Crippen MR) is 120 cm³/mol. The number of thiazole rings is 1. The molecule has 1 N–H and O–H groups in total. The summed E-state index contributed by atoms with van der Waals surface area (Å²) < 4.78 is 6.99. The summed E-state index contributed by atoms with van der Waals surface area (Å²) in [5.74, 6) is 0.551. The number of nitrogens with zero attached hydrogens (tertiary/aromatic N) is 2. The van der Waals surface area contributed by atoms with Crippen LogP contribution in [-0.2, 0) is 19.3 Å². The van der Waals surface area contributed by atoms with Crippen molar-refractivity contribution in [3.8, 4) is 5.75 Å². The zero-order valence-corrected chi connectivity index (χ0v) is 17.7. The zero-order chi connectivity index (χ0) is 21.2. The van der Waals surface area contributed by atoms with E-state index in [1.54, 1.807) is 6.20 Å². The van der Waals surface area contributed by atoms with Crippen LogP contribution in [0.15, 0.2) is 65.7 Å². The van der Waals surface area contributed by atoms with Crippen LogP contribution in [-0.4, -0.2) is 28.4 Å². The molecule has 3 heterocycles. The monoisotopic (exact) mass is 431 g/mol. The quantitative estimate of drug-likeness (QED) is 0.509. The van der Waals surface area contributed by atoms with E-state index in [1.165, 1.54) is 27.5 Å². The molecule has 1 amide bonds. The van der Waals surface area contributed by atoms with Gasteiger partial charge in [0, 0.05) is 36.7 Å². The highest BCUT2D eigenvalue weighted by atomic mass is 32.1. The molecular weight excluding hydrogens is 410 g/mol. The molecular formula is C24H21N3O3S. The fourth-order valence-corrected chi connectivity index (χ4v) is 4.75. The summed E-state index contributed by atoms with van der Waals surface area (Å²) in [5, 5.41) is 2.85. The highest BCUT2D eigenvalue weighted by Crippen LogP contribution is 2.26. The average molecular weight is 432 g/mol. The molecule has 1 aliphatic heterocycles. The van der Waals surface area contributed by atoms with Gasteiger partial charge in [-0.2, -0.15) is 0 Å². The van der Waals surface area contributed by atoms with Crippen LogP contribution < -0.4 is 15.6 Å². The van der Waals surface area contributed by atoms with Crippen LogP contribution in [0.25, 0.3) is 4.96 Å². The van der Waals surface area contributed by atoms with Crippen molar-refractivity contribution in [1.82, 2.24) is 14.7 Å². The molecule has 0 saturated carbocycles. The van der Waals surface area contributed by atoms with Crippen LogP contribution in [0.2, 0.25) is 0 Å². The van der Waals surface area contributed by atoms with E-state index in [0.29, 0.717) is 17.9 Å². The topological polar surface area (TPSA) is 72.7 Å². The molecule has 6 nitrogen and oxygen atoms in total. The molecule has 0 radical (unpaired) electrons. The summed E-state index contributed by atoms with van der Waals surface area (Å²) in [4.78, 5) is 31.4. The van der Waals surface area contributed by atoms with E-state index in [9.17, 15) is 9.59 Å². The molecule has 5 rings (SSSR count). The Morgan fingerprint density at radius 2 is 2.03 bits per heavy atom. The van der Waals surface area contributed by atoms with Crippen LogP contribution in [0.1, 0.15) is 31.9 Å². The molecule has 7 heteroatoms. The lowest BCUT2D eigenvalue weighted by molar-refractivity contribution is 0.0952. The Labute approximate surface area is 183 Å². The van der Waals surface area contributed by atoms with Crippen LogP contribution in [0.3, 0.4) is 0 Å². The van der Waals surface area contributed by atoms with Gasteiger partial charge in [-0.25, -0.2) is 4.98 Å². The zero-order valence-electron chi connectivity index (χ0n) is 16.8. The molecule has 0 saturated heterocycles. The third-order valence-electron chi connectivity index (χ3n) is 5.37. The number of nitrogens with one attached hydrogen (secondary N) is 1. The highest BCUT2D eigenvalue weighted by Gasteiger charge is 2.16. The minimum absolute atomic E-state index is 0.0592. The van der Waals surface area contributed by atoms with Crippen molar-refractivity contribution in [1.29, 1.82) is 0 Å². The van der Waals surface area contributed by atoms with Crippen LogP contribution in [0.4, 0.5) is 0 Å². The largest absolute Gasteiger partial charge is 0.493 e. The van der Waals surface area contributed by atoms with Crippen LogP contribution in [0.5, 0.6) is 5.75 Å². The molecule has 0 spiro atoms. The molecule has 2 aromatic carbocycles. The standard InChI is InChI=1S/C24H21N3O3S/c28-22(25-10-8-17-6-7-21-18(12-17)9-11-30-21)20-14-26-24-27(23(20)29)15-19(31-24)13-16-4-2-1-3-5-16/h1-7,12,14-15H,8-11,13H2,(H,25,28). The summed E-state index contributed by atoms with van der Waals surface area (Å²) in [7, 11) is 0. The van der Waals surface area contributed by atoms with Crippen molar-refractivity contribution < 1.29 is 9.53 Å². The first kappa shape index (κ1) is 19.5. The van der Waals surface area contributed by atoms with Crippen molar-refractivity contribution >= 4 is 22.2 Å². The minimum atomic E-state index is -0.396. The molecule has 0 fully saturated rings. The Bertz CT molecular complexity index is 1310. The average Bonchev–Trinajstić information content (AvgIpc) is 3.41. The Morgan fingerprint density at radius 3 is 2.90 bits per heavy atom. The van der Waals surface area contributed by atoms with E-state index in [2.05, 4.69) is 16.4 Å². The molecule has 31 heavy (non-hydrogen) atoms. The molecule has 4 aromatic rings. The number of carbonyl (C=O) groups excluding carboxylic acids is 1. The SMILES string of the molecule is O=C(NCCc1ccc2c(c1)CCO2)c1cnc2sc(Cc3ccccc3)cn2c1=O. The van der Waals surface area contributed by atoms with Gasteiger partial charge in [-0.3, -0.25) is 14.0 Å². The third-order valence-corrected chi connectivity index (χ3v) is 6.37. The lowest BCUT2D eigenvalue weighted by Gasteiger charge is -2.06. The number of hydrogen-bond donors (Lipinski definition) is 1. The summed E-state index contributed by atoms with van der Waals surface area (Å²) in [6.07, 6.45) is 5.50. The third kappa shape index (κ3) is 4.09. The maximum atomic E-state index is 12.9. The summed E-state index contributed by atoms with van der Waals surface area (Å²) in [6, 6.07) is 16.2. The van der Waals surface area contributed by atoms with Gasteiger partial charge >= 0.3 is 0 Å². The van der Waals surface area contributed by atoms with Gasteiger partial charge in [0.2, 0.25) is 0 Å². The Balaban J connectivity index is 1.27. The first-order valence-corrected chi connectivity index (χ1v) is 11.1. The Hall–Kier alpha value is -3.45. The maximum Gasteiger partial charge on any atom is 0.271 e. The van der Waals surface area contributed by atoms with Gasteiger partial charge in [-0.15, -0.1) is 11.3 Å². The molecule has 0 bridgehead atoms. The van der Waals surface area contributed by atoms with Gasteiger partial charge in [0.05, 0.1) is 6.61 Å². The summed E-state index contributed by atoms with van der Waals surface area (Å²) in [5.41, 5.74) is 3.23. The number of ether oxygens (including phenoxy) is 1. The number of benzene rings is 2. The molecule has 2 aromatic heterocycles. The van der Waals surface area contributed by atoms with Gasteiger partial charge < -0.3 is 10.1 Å². The van der Waals surface area contributed by atoms with E-state index in [-0.39, 0.29) is 11.1 Å². The van der Waals surface area contributed by atoms with E-state index >= 15 is 0 Å². The smallest absolute Gasteiger partial charge is 0.271 e. The molecule has 0 aliphatic carbocycles. The molecule has 0 unspecified atom stereocenters. The van der Waals surface area contributed by atoms with Gasteiger partial charge in [-0.05, 0) is 29.2 Å². The van der Waals surface area contributed by atoms with Crippen molar-refractivity contribution in [2.75, 3.05) is 13.2 Å². The number of fused-ring (bicyclic) bond motifs is 2. The number of amides is 1. The van der Waals surface area contributed by atoms with Gasteiger partial charge in [0.1, 0.15) is 11.3 Å². The second kappa shape index (κ2) is 8.35. The van der Waals surface area contributed by atoms with Crippen LogP contribution in [0, 0.1) is 0 Å².